The molecule has 1 aromatic carbocycles. The number of fused-ring (bicyclic) bond motifs is 2. The number of hydrogen-bond donors (Lipinski definition) is 1. The zero-order chi connectivity index (χ0) is 12.1. The van der Waals surface area contributed by atoms with Crippen LogP contribution in [0, 0.1) is 0 Å². The number of nitrogens with two attached hydrogens (primary N) is 1. The third-order valence-electron chi connectivity index (χ3n) is 3.62. The summed E-state index contributed by atoms with van der Waals surface area (Å²) in [5.41, 5.74) is 11.2. The van der Waals surface area contributed by atoms with Gasteiger partial charge in [0.15, 0.2) is 4.96 Å². The third-order valence-corrected chi connectivity index (χ3v) is 4.46. The van der Waals surface area contributed by atoms with Crippen LogP contribution in [0.2, 0.25) is 0 Å². The number of aryl methyl sites for hydroxylation is 2. The third kappa shape index (κ3) is 1.39. The van der Waals surface area contributed by atoms with Crippen molar-refractivity contribution in [3.8, 4) is 11.3 Å². The van der Waals surface area contributed by atoms with Crippen molar-refractivity contribution in [1.29, 1.82) is 0 Å². The average molecular weight is 255 g/mol. The first-order valence-corrected chi connectivity index (χ1v) is 7.03. The average Bonchev–Trinajstić information content (AvgIpc) is 3.01. The molecule has 0 atom stereocenters. The highest BCUT2D eigenvalue weighted by atomic mass is 32.1. The van der Waals surface area contributed by atoms with E-state index < -0.39 is 0 Å². The molecule has 1 aliphatic carbocycles. The quantitative estimate of drug-likeness (QED) is 0.726. The Kier molecular flexibility index (Phi) is 2.02. The van der Waals surface area contributed by atoms with E-state index in [1.807, 2.05) is 6.20 Å². The lowest BCUT2D eigenvalue weighted by Crippen LogP contribution is -1.88. The van der Waals surface area contributed by atoms with Gasteiger partial charge in [-0.25, -0.2) is 4.98 Å². The van der Waals surface area contributed by atoms with Crippen molar-refractivity contribution in [2.45, 2.75) is 19.3 Å². The molecule has 4 rings (SSSR count). The highest BCUT2D eigenvalue weighted by Crippen LogP contribution is 2.31. The molecular weight excluding hydrogens is 242 g/mol. The Morgan fingerprint density at radius 2 is 2.11 bits per heavy atom. The summed E-state index contributed by atoms with van der Waals surface area (Å²) in [4.78, 5) is 5.25. The molecule has 4 heteroatoms. The van der Waals surface area contributed by atoms with E-state index in [2.05, 4.69) is 33.0 Å². The Morgan fingerprint density at radius 1 is 1.22 bits per heavy atom. The van der Waals surface area contributed by atoms with Crippen molar-refractivity contribution in [2.24, 2.45) is 0 Å². The van der Waals surface area contributed by atoms with Crippen LogP contribution in [0.25, 0.3) is 16.2 Å². The maximum atomic E-state index is 5.75. The smallest absolute Gasteiger partial charge is 0.196 e. The van der Waals surface area contributed by atoms with Gasteiger partial charge in [0, 0.05) is 5.38 Å². The van der Waals surface area contributed by atoms with Crippen molar-refractivity contribution in [2.75, 3.05) is 5.73 Å². The molecular formula is C14H13N3S. The molecule has 18 heavy (non-hydrogen) atoms. The van der Waals surface area contributed by atoms with Gasteiger partial charge in [-0.2, -0.15) is 0 Å². The highest BCUT2D eigenvalue weighted by molar-refractivity contribution is 7.15. The molecule has 90 valence electrons. The summed E-state index contributed by atoms with van der Waals surface area (Å²) >= 11 is 1.63. The molecule has 1 aliphatic rings. The van der Waals surface area contributed by atoms with Gasteiger partial charge in [-0.05, 0) is 42.0 Å². The number of hydrogen-bond acceptors (Lipinski definition) is 3. The van der Waals surface area contributed by atoms with Crippen LogP contribution in [0.1, 0.15) is 17.5 Å². The van der Waals surface area contributed by atoms with Crippen molar-refractivity contribution in [3.05, 3.63) is 40.9 Å². The number of anilines is 1. The van der Waals surface area contributed by atoms with Crippen molar-refractivity contribution in [1.82, 2.24) is 9.38 Å². The van der Waals surface area contributed by atoms with Crippen LogP contribution in [0.3, 0.4) is 0 Å². The van der Waals surface area contributed by atoms with E-state index in [1.54, 1.807) is 11.3 Å². The predicted octanol–water partition coefficient (Wildman–Crippen LogP) is 3.13. The molecule has 3 aromatic rings. The zero-order valence-electron chi connectivity index (χ0n) is 9.89. The Labute approximate surface area is 109 Å². The highest BCUT2D eigenvalue weighted by Gasteiger charge is 2.14. The molecule has 0 spiro atoms. The normalized spacial score (nSPS) is 14.2. The zero-order valence-corrected chi connectivity index (χ0v) is 10.7. The number of benzene rings is 1. The van der Waals surface area contributed by atoms with Crippen molar-refractivity contribution >= 4 is 22.1 Å². The minimum absolute atomic E-state index is 0.587. The monoisotopic (exact) mass is 255 g/mol. The summed E-state index contributed by atoms with van der Waals surface area (Å²) in [7, 11) is 0. The predicted molar refractivity (Wildman–Crippen MR) is 74.9 cm³/mol. The van der Waals surface area contributed by atoms with Crippen LogP contribution in [-0.2, 0) is 12.8 Å². The number of thiazole rings is 1. The molecule has 0 saturated heterocycles. The summed E-state index contributed by atoms with van der Waals surface area (Å²) < 4.78 is 2.08. The van der Waals surface area contributed by atoms with Gasteiger partial charge in [-0.15, -0.1) is 11.3 Å². The number of aromatic nitrogens is 2. The van der Waals surface area contributed by atoms with E-state index in [0.29, 0.717) is 5.82 Å². The Balaban J connectivity index is 1.91. The van der Waals surface area contributed by atoms with Crippen molar-refractivity contribution < 1.29 is 0 Å². The number of rotatable bonds is 1. The summed E-state index contributed by atoms with van der Waals surface area (Å²) in [6.07, 6.45) is 5.62. The molecule has 2 aromatic heterocycles. The van der Waals surface area contributed by atoms with Crippen LogP contribution in [0.15, 0.2) is 29.8 Å². The lowest BCUT2D eigenvalue weighted by atomic mass is 10.0. The molecule has 0 radical (unpaired) electrons. The van der Waals surface area contributed by atoms with Crippen LogP contribution >= 0.6 is 11.3 Å². The van der Waals surface area contributed by atoms with Gasteiger partial charge in [-0.3, -0.25) is 4.40 Å². The first kappa shape index (κ1) is 10.1. The van der Waals surface area contributed by atoms with E-state index in [0.717, 1.165) is 4.96 Å². The van der Waals surface area contributed by atoms with Gasteiger partial charge in [0.25, 0.3) is 0 Å². The second kappa shape index (κ2) is 3.59. The molecule has 0 bridgehead atoms. The maximum absolute atomic E-state index is 5.75. The molecule has 0 saturated carbocycles. The number of nitrogens with zero attached hydrogens (tertiary/aromatic N) is 2. The van der Waals surface area contributed by atoms with Gasteiger partial charge < -0.3 is 5.73 Å². The minimum atomic E-state index is 0.587. The van der Waals surface area contributed by atoms with E-state index >= 15 is 0 Å². The van der Waals surface area contributed by atoms with Gasteiger partial charge in [0.2, 0.25) is 0 Å². The molecule has 0 amide bonds. The topological polar surface area (TPSA) is 43.3 Å². The SMILES string of the molecule is Nc1cn2c(-c3ccc4c(c3)CCC4)csc2n1. The second-order valence-electron chi connectivity index (χ2n) is 4.78. The van der Waals surface area contributed by atoms with Crippen molar-refractivity contribution in [3.63, 3.8) is 0 Å². The van der Waals surface area contributed by atoms with E-state index in [9.17, 15) is 0 Å². The molecule has 2 N–H and O–H groups in total. The fourth-order valence-electron chi connectivity index (χ4n) is 2.74. The largest absolute Gasteiger partial charge is 0.382 e. The van der Waals surface area contributed by atoms with Gasteiger partial charge in [0.05, 0.1) is 11.9 Å². The first-order valence-electron chi connectivity index (χ1n) is 6.15. The minimum Gasteiger partial charge on any atom is -0.382 e. The fourth-order valence-corrected chi connectivity index (χ4v) is 3.63. The van der Waals surface area contributed by atoms with Crippen LogP contribution in [-0.4, -0.2) is 9.38 Å². The lowest BCUT2D eigenvalue weighted by Gasteiger charge is -2.04. The number of imidazole rings is 1. The Hall–Kier alpha value is -1.81. The van der Waals surface area contributed by atoms with Gasteiger partial charge >= 0.3 is 0 Å². The number of nitrogen functional groups attached to an aromatic ring is 1. The van der Waals surface area contributed by atoms with E-state index in [4.69, 9.17) is 5.73 Å². The van der Waals surface area contributed by atoms with Gasteiger partial charge in [0.1, 0.15) is 5.82 Å². The van der Waals surface area contributed by atoms with Gasteiger partial charge in [-0.1, -0.05) is 12.1 Å². The molecule has 3 nitrogen and oxygen atoms in total. The molecule has 0 fully saturated rings. The molecule has 0 aliphatic heterocycles. The summed E-state index contributed by atoms with van der Waals surface area (Å²) in [6, 6.07) is 6.79. The van der Waals surface area contributed by atoms with E-state index in [1.165, 1.54) is 41.6 Å². The summed E-state index contributed by atoms with van der Waals surface area (Å²) in [5.74, 6) is 0.587. The Bertz CT molecular complexity index is 739. The lowest BCUT2D eigenvalue weighted by molar-refractivity contribution is 0.912. The second-order valence-corrected chi connectivity index (χ2v) is 5.61. The fraction of sp³-hybridized carbons (Fsp3) is 0.214. The van der Waals surface area contributed by atoms with Crippen LogP contribution < -0.4 is 5.73 Å². The Morgan fingerprint density at radius 3 is 3.06 bits per heavy atom. The summed E-state index contributed by atoms with van der Waals surface area (Å²) in [6.45, 7) is 0. The van der Waals surface area contributed by atoms with Crippen LogP contribution in [0.5, 0.6) is 0 Å². The van der Waals surface area contributed by atoms with Crippen LogP contribution in [0.4, 0.5) is 5.82 Å². The van der Waals surface area contributed by atoms with E-state index in [-0.39, 0.29) is 0 Å². The first-order chi connectivity index (χ1) is 8.81. The molecule has 0 unspecified atom stereocenters. The standard InChI is InChI=1S/C14H13N3S/c15-13-7-17-12(8-18-14(17)16-13)11-5-4-9-2-1-3-10(9)6-11/h4-8H,1-3,15H2. The maximum Gasteiger partial charge on any atom is 0.196 e. The summed E-state index contributed by atoms with van der Waals surface area (Å²) in [5, 5.41) is 2.15. The molecule has 2 heterocycles.